The SMILES string of the molecule is O=C(c1ccccc1)c1ccc2c(c1)C(=O)C(=C1Sc3c(F)c(F)c(F)c(F)c3S1)S2(=O)=O. The fourth-order valence-electron chi connectivity index (χ4n) is 3.47. The molecule has 0 atom stereocenters. The number of hydrogen-bond donors (Lipinski definition) is 0. The molecule has 0 spiro atoms. The van der Waals surface area contributed by atoms with Crippen LogP contribution in [-0.4, -0.2) is 20.0 Å². The van der Waals surface area contributed by atoms with Crippen molar-refractivity contribution >= 4 is 44.9 Å². The summed E-state index contributed by atoms with van der Waals surface area (Å²) in [4.78, 5) is 23.4. The van der Waals surface area contributed by atoms with Crippen LogP contribution in [0.2, 0.25) is 0 Å². The Kier molecular flexibility index (Phi) is 5.03. The zero-order valence-electron chi connectivity index (χ0n) is 16.0. The zero-order valence-corrected chi connectivity index (χ0v) is 18.4. The molecule has 3 aromatic carbocycles. The van der Waals surface area contributed by atoms with Crippen molar-refractivity contribution in [1.29, 1.82) is 0 Å². The third-order valence-electron chi connectivity index (χ3n) is 5.04. The fourth-order valence-corrected chi connectivity index (χ4v) is 8.24. The Hall–Kier alpha value is -2.89. The first-order valence-corrected chi connectivity index (χ1v) is 12.2. The van der Waals surface area contributed by atoms with E-state index in [1.165, 1.54) is 6.07 Å². The number of sulfone groups is 1. The largest absolute Gasteiger partial charge is 0.289 e. The standard InChI is InChI=1S/C22H8F4O4S3/c23-13-14(24)16(26)20-19(15(13)25)31-22(32-20)21-18(28)11-8-10(6-7-12(11)33(21,29)30)17(27)9-4-2-1-3-5-9/h1-8H. The number of benzene rings is 3. The van der Waals surface area contributed by atoms with Crippen LogP contribution in [0, 0.1) is 23.3 Å². The number of allylic oxidation sites excluding steroid dienone is 1. The Bertz CT molecular complexity index is 1510. The highest BCUT2D eigenvalue weighted by Gasteiger charge is 2.45. The van der Waals surface area contributed by atoms with Gasteiger partial charge < -0.3 is 0 Å². The number of hydrogen-bond acceptors (Lipinski definition) is 6. The molecule has 0 aliphatic carbocycles. The van der Waals surface area contributed by atoms with Gasteiger partial charge in [-0.2, -0.15) is 0 Å². The first-order chi connectivity index (χ1) is 15.6. The highest BCUT2D eigenvalue weighted by molar-refractivity contribution is 8.25. The van der Waals surface area contributed by atoms with Crippen molar-refractivity contribution in [3.63, 3.8) is 0 Å². The fraction of sp³-hybridized carbons (Fsp3) is 0. The van der Waals surface area contributed by atoms with Gasteiger partial charge in [0, 0.05) is 16.7 Å². The number of fused-ring (bicyclic) bond motifs is 2. The molecule has 0 fully saturated rings. The van der Waals surface area contributed by atoms with E-state index in [2.05, 4.69) is 0 Å². The minimum atomic E-state index is -4.41. The van der Waals surface area contributed by atoms with Crippen LogP contribution in [0.4, 0.5) is 17.6 Å². The first-order valence-electron chi connectivity index (χ1n) is 9.12. The third-order valence-corrected chi connectivity index (χ3v) is 9.75. The van der Waals surface area contributed by atoms with E-state index in [0.29, 0.717) is 29.1 Å². The summed E-state index contributed by atoms with van der Waals surface area (Å²) in [6, 6.07) is 11.7. The molecule has 3 aromatic rings. The molecular weight excluding hydrogens is 500 g/mol. The lowest BCUT2D eigenvalue weighted by atomic mass is 10.00. The van der Waals surface area contributed by atoms with Crippen LogP contribution >= 0.6 is 23.5 Å². The average molecular weight is 508 g/mol. The Morgan fingerprint density at radius 2 is 1.33 bits per heavy atom. The summed E-state index contributed by atoms with van der Waals surface area (Å²) >= 11 is 0.670. The highest BCUT2D eigenvalue weighted by Crippen LogP contribution is 2.57. The molecule has 0 amide bonds. The lowest BCUT2D eigenvalue weighted by molar-refractivity contribution is 0.103. The van der Waals surface area contributed by atoms with Gasteiger partial charge in [-0.1, -0.05) is 53.9 Å². The minimum absolute atomic E-state index is 0.0750. The van der Waals surface area contributed by atoms with Gasteiger partial charge >= 0.3 is 0 Å². The van der Waals surface area contributed by atoms with Crippen molar-refractivity contribution in [3.8, 4) is 0 Å². The first kappa shape index (κ1) is 21.9. The summed E-state index contributed by atoms with van der Waals surface area (Å²) < 4.78 is 81.3. The van der Waals surface area contributed by atoms with Crippen molar-refractivity contribution in [2.45, 2.75) is 14.7 Å². The molecule has 2 aliphatic heterocycles. The molecule has 4 nitrogen and oxygen atoms in total. The number of carbonyl (C=O) groups excluding carboxylic acids is 2. The number of rotatable bonds is 2. The van der Waals surface area contributed by atoms with Crippen molar-refractivity contribution < 1.29 is 35.6 Å². The minimum Gasteiger partial charge on any atom is -0.289 e. The van der Waals surface area contributed by atoms with Gasteiger partial charge in [-0.05, 0) is 18.2 Å². The molecule has 166 valence electrons. The summed E-state index contributed by atoms with van der Waals surface area (Å²) in [5.41, 5.74) is 0.137. The third kappa shape index (κ3) is 3.17. The summed E-state index contributed by atoms with van der Waals surface area (Å²) in [7, 11) is -4.41. The Morgan fingerprint density at radius 1 is 0.758 bits per heavy atom. The summed E-state index contributed by atoms with van der Waals surface area (Å²) in [6.07, 6.45) is 0. The number of Topliss-reactive ketones (excluding diaryl/α,β-unsaturated/α-hetero) is 1. The van der Waals surface area contributed by atoms with Gasteiger partial charge in [0.15, 0.2) is 29.1 Å². The maximum atomic E-state index is 14.1. The smallest absolute Gasteiger partial charge is 0.212 e. The predicted octanol–water partition coefficient (Wildman–Crippen LogP) is 5.51. The van der Waals surface area contributed by atoms with Gasteiger partial charge in [0.25, 0.3) is 0 Å². The Balaban J connectivity index is 1.62. The van der Waals surface area contributed by atoms with E-state index >= 15 is 0 Å². The number of thioether (sulfide) groups is 2. The highest BCUT2D eigenvalue weighted by atomic mass is 32.2. The van der Waals surface area contributed by atoms with Gasteiger partial charge in [0.2, 0.25) is 15.6 Å². The van der Waals surface area contributed by atoms with Crippen molar-refractivity contribution in [3.05, 3.63) is 97.6 Å². The van der Waals surface area contributed by atoms with Crippen LogP contribution in [0.15, 0.2) is 72.4 Å². The molecule has 0 N–H and O–H groups in total. The predicted molar refractivity (Wildman–Crippen MR) is 113 cm³/mol. The molecule has 33 heavy (non-hydrogen) atoms. The number of halogens is 4. The van der Waals surface area contributed by atoms with Crippen LogP contribution in [0.3, 0.4) is 0 Å². The second-order valence-electron chi connectivity index (χ2n) is 6.97. The van der Waals surface area contributed by atoms with E-state index in [0.717, 1.165) is 12.1 Å². The second-order valence-corrected chi connectivity index (χ2v) is 11.1. The van der Waals surface area contributed by atoms with Gasteiger partial charge in [0.1, 0.15) is 4.91 Å². The number of ketones is 2. The molecule has 0 aromatic heterocycles. The zero-order chi connectivity index (χ0) is 23.7. The molecule has 0 unspecified atom stereocenters. The molecule has 2 aliphatic rings. The molecule has 0 saturated carbocycles. The van der Waals surface area contributed by atoms with Crippen LogP contribution in [0.1, 0.15) is 26.3 Å². The normalized spacial score (nSPS) is 16.2. The van der Waals surface area contributed by atoms with E-state index in [4.69, 9.17) is 0 Å². The summed E-state index contributed by atoms with van der Waals surface area (Å²) in [6.45, 7) is 0. The van der Waals surface area contributed by atoms with Crippen LogP contribution in [0.5, 0.6) is 0 Å². The molecule has 2 heterocycles. The van der Waals surface area contributed by atoms with Crippen LogP contribution in [-0.2, 0) is 9.84 Å². The van der Waals surface area contributed by atoms with Crippen molar-refractivity contribution in [2.75, 3.05) is 0 Å². The summed E-state index contributed by atoms with van der Waals surface area (Å²) in [5, 5.41) is 0. The van der Waals surface area contributed by atoms with Crippen molar-refractivity contribution in [1.82, 2.24) is 0 Å². The lowest BCUT2D eigenvalue weighted by Crippen LogP contribution is -2.04. The van der Waals surface area contributed by atoms with E-state index in [1.807, 2.05) is 0 Å². The van der Waals surface area contributed by atoms with E-state index < -0.39 is 59.4 Å². The molecule has 5 rings (SSSR count). The molecule has 0 radical (unpaired) electrons. The van der Waals surface area contributed by atoms with Crippen LogP contribution in [0.25, 0.3) is 0 Å². The molecular formula is C22H8F4O4S3. The molecule has 0 bridgehead atoms. The Labute approximate surface area is 192 Å². The average Bonchev–Trinajstić information content (AvgIpc) is 3.33. The van der Waals surface area contributed by atoms with E-state index in [-0.39, 0.29) is 20.3 Å². The van der Waals surface area contributed by atoms with Crippen LogP contribution < -0.4 is 0 Å². The maximum Gasteiger partial charge on any atom is 0.212 e. The monoisotopic (exact) mass is 508 g/mol. The Morgan fingerprint density at radius 3 is 1.91 bits per heavy atom. The topological polar surface area (TPSA) is 68.3 Å². The van der Waals surface area contributed by atoms with Gasteiger partial charge in [-0.25, -0.2) is 26.0 Å². The van der Waals surface area contributed by atoms with Gasteiger partial charge in [-0.15, -0.1) is 0 Å². The summed E-state index contributed by atoms with van der Waals surface area (Å²) in [5.74, 6) is -8.81. The molecule has 0 saturated heterocycles. The quantitative estimate of drug-likeness (QED) is 0.150. The van der Waals surface area contributed by atoms with Crippen molar-refractivity contribution in [2.24, 2.45) is 0 Å². The maximum absolute atomic E-state index is 14.1. The lowest BCUT2D eigenvalue weighted by Gasteiger charge is -2.03. The number of carbonyl (C=O) groups is 2. The van der Waals surface area contributed by atoms with E-state index in [9.17, 15) is 35.6 Å². The second kappa shape index (κ2) is 7.57. The van der Waals surface area contributed by atoms with Gasteiger partial charge in [-0.3, -0.25) is 9.59 Å². The van der Waals surface area contributed by atoms with E-state index in [1.54, 1.807) is 30.3 Å². The van der Waals surface area contributed by atoms with Gasteiger partial charge in [0.05, 0.1) is 18.9 Å². The molecule has 11 heteroatoms.